The Labute approximate surface area is 142 Å². The Morgan fingerprint density at radius 3 is 2.43 bits per heavy atom. The van der Waals surface area contributed by atoms with Crippen molar-refractivity contribution in [1.29, 1.82) is 0 Å². The first kappa shape index (κ1) is 18.6. The van der Waals surface area contributed by atoms with Gasteiger partial charge in [0.25, 0.3) is 0 Å². The summed E-state index contributed by atoms with van der Waals surface area (Å²) >= 11 is 0. The van der Waals surface area contributed by atoms with E-state index < -0.39 is 5.60 Å². The van der Waals surface area contributed by atoms with E-state index in [1.54, 1.807) is 0 Å². The standard InChI is InChI=1S/C19H36N2O2/c1-15(16-10-6-5-7-11-16)20-14-17-12-8-9-13-21(17)18(22)23-19(2,3)4/h15-17,20H,5-14H2,1-4H3. The number of likely N-dealkylation sites (tertiary alicyclic amines) is 1. The van der Waals surface area contributed by atoms with Crippen LogP contribution in [0.4, 0.5) is 4.79 Å². The Morgan fingerprint density at radius 2 is 1.78 bits per heavy atom. The van der Waals surface area contributed by atoms with Crippen molar-refractivity contribution in [3.63, 3.8) is 0 Å². The van der Waals surface area contributed by atoms with Crippen LogP contribution < -0.4 is 5.32 Å². The maximum atomic E-state index is 12.4. The van der Waals surface area contributed by atoms with Crippen molar-refractivity contribution in [3.8, 4) is 0 Å². The van der Waals surface area contributed by atoms with Crippen molar-refractivity contribution >= 4 is 6.09 Å². The summed E-state index contributed by atoms with van der Waals surface area (Å²) in [6.07, 6.45) is 10.1. The van der Waals surface area contributed by atoms with E-state index in [0.29, 0.717) is 6.04 Å². The molecule has 2 atom stereocenters. The molecule has 134 valence electrons. The first-order valence-electron chi connectivity index (χ1n) is 9.60. The van der Waals surface area contributed by atoms with Crippen LogP contribution in [0, 0.1) is 5.92 Å². The van der Waals surface area contributed by atoms with Gasteiger partial charge in [0.2, 0.25) is 0 Å². The second kappa shape index (κ2) is 8.36. The van der Waals surface area contributed by atoms with Crippen molar-refractivity contribution in [2.45, 2.75) is 96.7 Å². The Bertz CT molecular complexity index is 372. The zero-order chi connectivity index (χ0) is 16.9. The van der Waals surface area contributed by atoms with E-state index >= 15 is 0 Å². The molecular formula is C19H36N2O2. The number of hydrogen-bond donors (Lipinski definition) is 1. The van der Waals surface area contributed by atoms with Crippen LogP contribution in [-0.2, 0) is 4.74 Å². The van der Waals surface area contributed by atoms with Gasteiger partial charge in [-0.2, -0.15) is 0 Å². The zero-order valence-corrected chi connectivity index (χ0v) is 15.6. The fourth-order valence-electron chi connectivity index (χ4n) is 3.90. The van der Waals surface area contributed by atoms with Crippen molar-refractivity contribution in [2.75, 3.05) is 13.1 Å². The van der Waals surface area contributed by atoms with Gasteiger partial charge in [-0.05, 0) is 65.7 Å². The van der Waals surface area contributed by atoms with Crippen LogP contribution in [0.3, 0.4) is 0 Å². The minimum Gasteiger partial charge on any atom is -0.444 e. The fourth-order valence-corrected chi connectivity index (χ4v) is 3.90. The Hall–Kier alpha value is -0.770. The van der Waals surface area contributed by atoms with Crippen molar-refractivity contribution in [1.82, 2.24) is 10.2 Å². The van der Waals surface area contributed by atoms with Gasteiger partial charge in [0, 0.05) is 25.2 Å². The molecule has 2 aliphatic rings. The minimum atomic E-state index is -0.415. The molecule has 23 heavy (non-hydrogen) atoms. The molecule has 2 fully saturated rings. The SMILES string of the molecule is CC(NCC1CCCCN1C(=O)OC(C)(C)C)C1CCCCC1. The maximum absolute atomic E-state index is 12.4. The van der Waals surface area contributed by atoms with Crippen LogP contribution in [0.5, 0.6) is 0 Å². The van der Waals surface area contributed by atoms with Crippen molar-refractivity contribution < 1.29 is 9.53 Å². The van der Waals surface area contributed by atoms with E-state index in [1.807, 2.05) is 25.7 Å². The highest BCUT2D eigenvalue weighted by molar-refractivity contribution is 5.68. The monoisotopic (exact) mass is 324 g/mol. The summed E-state index contributed by atoms with van der Waals surface area (Å²) in [5.74, 6) is 0.808. The average Bonchev–Trinajstić information content (AvgIpc) is 2.52. The third-order valence-corrected chi connectivity index (χ3v) is 5.29. The molecule has 1 aliphatic carbocycles. The van der Waals surface area contributed by atoms with Gasteiger partial charge in [-0.25, -0.2) is 4.79 Å². The van der Waals surface area contributed by atoms with E-state index in [9.17, 15) is 4.79 Å². The lowest BCUT2D eigenvalue weighted by Crippen LogP contribution is -2.51. The topological polar surface area (TPSA) is 41.6 Å². The first-order valence-corrected chi connectivity index (χ1v) is 9.60. The third-order valence-electron chi connectivity index (χ3n) is 5.29. The number of rotatable bonds is 4. The van der Waals surface area contributed by atoms with Crippen LogP contribution in [0.1, 0.15) is 79.1 Å². The highest BCUT2D eigenvalue weighted by Crippen LogP contribution is 2.27. The largest absolute Gasteiger partial charge is 0.444 e. The number of amides is 1. The number of carbonyl (C=O) groups excluding carboxylic acids is 1. The maximum Gasteiger partial charge on any atom is 0.410 e. The molecule has 1 N–H and O–H groups in total. The number of ether oxygens (including phenoxy) is 1. The second-order valence-electron chi connectivity index (χ2n) is 8.42. The van der Waals surface area contributed by atoms with Gasteiger partial charge < -0.3 is 15.0 Å². The predicted octanol–water partition coefficient (Wildman–Crippen LogP) is 4.33. The number of hydrogen-bond acceptors (Lipinski definition) is 3. The van der Waals surface area contributed by atoms with Crippen LogP contribution in [-0.4, -0.2) is 41.8 Å². The van der Waals surface area contributed by atoms with E-state index in [-0.39, 0.29) is 12.1 Å². The fraction of sp³-hybridized carbons (Fsp3) is 0.947. The average molecular weight is 325 g/mol. The van der Waals surface area contributed by atoms with E-state index in [0.717, 1.165) is 31.8 Å². The summed E-state index contributed by atoms with van der Waals surface area (Å²) < 4.78 is 5.59. The van der Waals surface area contributed by atoms with Crippen LogP contribution >= 0.6 is 0 Å². The lowest BCUT2D eigenvalue weighted by atomic mass is 9.84. The molecule has 0 aromatic heterocycles. The van der Waals surface area contributed by atoms with E-state index in [4.69, 9.17) is 4.74 Å². The van der Waals surface area contributed by atoms with Gasteiger partial charge in [0.15, 0.2) is 0 Å². The summed E-state index contributed by atoms with van der Waals surface area (Å²) in [4.78, 5) is 14.4. The molecule has 2 rings (SSSR count). The van der Waals surface area contributed by atoms with Gasteiger partial charge in [-0.1, -0.05) is 19.3 Å². The van der Waals surface area contributed by atoms with Crippen LogP contribution in [0.2, 0.25) is 0 Å². The van der Waals surface area contributed by atoms with Gasteiger partial charge >= 0.3 is 6.09 Å². The lowest BCUT2D eigenvalue weighted by molar-refractivity contribution is 0.00943. The molecule has 0 radical (unpaired) electrons. The number of nitrogens with one attached hydrogen (secondary N) is 1. The van der Waals surface area contributed by atoms with Gasteiger partial charge in [-0.15, -0.1) is 0 Å². The van der Waals surface area contributed by atoms with Crippen molar-refractivity contribution in [2.24, 2.45) is 5.92 Å². The summed E-state index contributed by atoms with van der Waals surface area (Å²) in [5, 5.41) is 3.72. The van der Waals surface area contributed by atoms with E-state index in [2.05, 4.69) is 12.2 Å². The predicted molar refractivity (Wildman–Crippen MR) is 94.6 cm³/mol. The molecule has 1 amide bonds. The van der Waals surface area contributed by atoms with Crippen LogP contribution in [0.25, 0.3) is 0 Å². The third kappa shape index (κ3) is 5.98. The first-order chi connectivity index (χ1) is 10.9. The quantitative estimate of drug-likeness (QED) is 0.836. The smallest absolute Gasteiger partial charge is 0.410 e. The van der Waals surface area contributed by atoms with Crippen LogP contribution in [0.15, 0.2) is 0 Å². The molecule has 1 saturated carbocycles. The number of piperidine rings is 1. The summed E-state index contributed by atoms with van der Waals surface area (Å²) in [5.41, 5.74) is -0.415. The molecule has 0 aromatic carbocycles. The number of carbonyl (C=O) groups is 1. The van der Waals surface area contributed by atoms with Gasteiger partial charge in [0.1, 0.15) is 5.60 Å². The summed E-state index contributed by atoms with van der Waals surface area (Å²) in [7, 11) is 0. The minimum absolute atomic E-state index is 0.144. The zero-order valence-electron chi connectivity index (χ0n) is 15.6. The second-order valence-corrected chi connectivity index (χ2v) is 8.42. The van der Waals surface area contributed by atoms with Gasteiger partial charge in [0.05, 0.1) is 0 Å². The lowest BCUT2D eigenvalue weighted by Gasteiger charge is -2.38. The summed E-state index contributed by atoms with van der Waals surface area (Å²) in [6, 6.07) is 0.836. The highest BCUT2D eigenvalue weighted by Gasteiger charge is 2.31. The molecule has 0 bridgehead atoms. The van der Waals surface area contributed by atoms with Crippen molar-refractivity contribution in [3.05, 3.63) is 0 Å². The molecule has 1 heterocycles. The molecule has 1 saturated heterocycles. The normalized spacial score (nSPS) is 25.2. The molecule has 0 spiro atoms. The Balaban J connectivity index is 1.84. The Kier molecular flexibility index (Phi) is 6.75. The highest BCUT2D eigenvalue weighted by atomic mass is 16.6. The summed E-state index contributed by atoms with van der Waals surface area (Å²) in [6.45, 7) is 9.86. The van der Waals surface area contributed by atoms with Gasteiger partial charge in [-0.3, -0.25) is 0 Å². The Morgan fingerprint density at radius 1 is 1.13 bits per heavy atom. The molecule has 1 aliphatic heterocycles. The molecule has 2 unspecified atom stereocenters. The van der Waals surface area contributed by atoms with E-state index in [1.165, 1.54) is 38.5 Å². The molecule has 0 aromatic rings. The number of nitrogens with zero attached hydrogens (tertiary/aromatic N) is 1. The molecular weight excluding hydrogens is 288 g/mol. The molecule has 4 nitrogen and oxygen atoms in total. The molecule has 4 heteroatoms.